The molecule has 0 amide bonds. The number of guanidine groups is 1. The topological polar surface area (TPSA) is 71.0 Å². The van der Waals surface area contributed by atoms with E-state index in [9.17, 15) is 0 Å². The van der Waals surface area contributed by atoms with Crippen molar-refractivity contribution in [1.29, 1.82) is 0 Å². The summed E-state index contributed by atoms with van der Waals surface area (Å²) in [6.45, 7) is 13.0. The maximum absolute atomic E-state index is 5.47. The van der Waals surface area contributed by atoms with Crippen molar-refractivity contribution < 1.29 is 9.47 Å². The monoisotopic (exact) mass is 349 g/mol. The fourth-order valence-electron chi connectivity index (χ4n) is 2.88. The van der Waals surface area contributed by atoms with Crippen LogP contribution in [0.2, 0.25) is 0 Å². The number of hydrogen-bond donors (Lipinski definition) is 2. The Hall–Kier alpha value is -1.86. The third kappa shape index (κ3) is 5.86. The van der Waals surface area contributed by atoms with E-state index < -0.39 is 0 Å². The summed E-state index contributed by atoms with van der Waals surface area (Å²) in [5.41, 5.74) is 3.03. The van der Waals surface area contributed by atoms with Crippen molar-refractivity contribution in [2.75, 3.05) is 53.0 Å². The highest BCUT2D eigenvalue weighted by Gasteiger charge is 2.11. The summed E-state index contributed by atoms with van der Waals surface area (Å²) in [5.74, 6) is 1.71. The minimum absolute atomic E-state index is 0.523. The molecule has 1 aliphatic heterocycles. The Morgan fingerprint density at radius 2 is 2.08 bits per heavy atom. The maximum atomic E-state index is 5.47. The van der Waals surface area contributed by atoms with Crippen LogP contribution in [0.1, 0.15) is 23.7 Å². The van der Waals surface area contributed by atoms with Crippen molar-refractivity contribution in [1.82, 2.24) is 20.5 Å². The van der Waals surface area contributed by atoms with Crippen LogP contribution in [0.25, 0.3) is 0 Å². The Balaban J connectivity index is 1.92. The number of ether oxygens (including phenoxy) is 2. The SMILES string of the molecule is CCNC(=NCc1ncc(C)c(OC)c1C)NCCN1CCOCC1. The molecular formula is C18H31N5O2. The smallest absolute Gasteiger partial charge is 0.191 e. The predicted octanol–water partition coefficient (Wildman–Crippen LogP) is 1.09. The lowest BCUT2D eigenvalue weighted by molar-refractivity contribution is 0.0389. The predicted molar refractivity (Wildman–Crippen MR) is 100 cm³/mol. The lowest BCUT2D eigenvalue weighted by atomic mass is 10.1. The van der Waals surface area contributed by atoms with E-state index in [1.807, 2.05) is 20.0 Å². The zero-order chi connectivity index (χ0) is 18.1. The summed E-state index contributed by atoms with van der Waals surface area (Å²) >= 11 is 0. The standard InChI is InChI=1S/C18H31N5O2/c1-5-19-18(20-6-7-23-8-10-25-11-9-23)22-13-16-15(3)17(24-4)14(2)12-21-16/h12H,5-11,13H2,1-4H3,(H2,19,20,22). The van der Waals surface area contributed by atoms with Crippen molar-refractivity contribution in [3.63, 3.8) is 0 Å². The Morgan fingerprint density at radius 3 is 2.76 bits per heavy atom. The number of nitrogens with one attached hydrogen (secondary N) is 2. The first kappa shape index (κ1) is 19.5. The molecule has 2 N–H and O–H groups in total. The molecule has 0 spiro atoms. The second-order valence-electron chi connectivity index (χ2n) is 6.12. The number of rotatable bonds is 7. The Bertz CT molecular complexity index is 571. The van der Waals surface area contributed by atoms with Crippen LogP contribution < -0.4 is 15.4 Å². The average molecular weight is 349 g/mol. The average Bonchev–Trinajstić information content (AvgIpc) is 2.62. The molecule has 0 unspecified atom stereocenters. The molecular weight excluding hydrogens is 318 g/mol. The summed E-state index contributed by atoms with van der Waals surface area (Å²) in [4.78, 5) is 11.6. The minimum atomic E-state index is 0.523. The van der Waals surface area contributed by atoms with Crippen molar-refractivity contribution in [2.24, 2.45) is 4.99 Å². The van der Waals surface area contributed by atoms with Crippen LogP contribution in [0.15, 0.2) is 11.2 Å². The fraction of sp³-hybridized carbons (Fsp3) is 0.667. The fourth-order valence-corrected chi connectivity index (χ4v) is 2.88. The van der Waals surface area contributed by atoms with Gasteiger partial charge in [0.2, 0.25) is 0 Å². The lowest BCUT2D eigenvalue weighted by Crippen LogP contribution is -2.44. The zero-order valence-electron chi connectivity index (χ0n) is 15.9. The van der Waals surface area contributed by atoms with Crippen molar-refractivity contribution in [3.05, 3.63) is 23.0 Å². The van der Waals surface area contributed by atoms with Gasteiger partial charge in [-0.2, -0.15) is 0 Å². The van der Waals surface area contributed by atoms with E-state index >= 15 is 0 Å². The number of methoxy groups -OCH3 is 1. The Kier molecular flexibility index (Phi) is 7.94. The van der Waals surface area contributed by atoms with Gasteiger partial charge >= 0.3 is 0 Å². The van der Waals surface area contributed by atoms with Crippen molar-refractivity contribution >= 4 is 5.96 Å². The van der Waals surface area contributed by atoms with Crippen LogP contribution in [-0.4, -0.2) is 68.9 Å². The molecule has 7 heteroatoms. The first-order chi connectivity index (χ1) is 12.2. The van der Waals surface area contributed by atoms with Gasteiger partial charge in [0.25, 0.3) is 0 Å². The highest BCUT2D eigenvalue weighted by atomic mass is 16.5. The van der Waals surface area contributed by atoms with E-state index in [-0.39, 0.29) is 0 Å². The van der Waals surface area contributed by atoms with Crippen LogP contribution in [0.5, 0.6) is 5.75 Å². The maximum Gasteiger partial charge on any atom is 0.191 e. The zero-order valence-corrected chi connectivity index (χ0v) is 15.9. The molecule has 140 valence electrons. The van der Waals surface area contributed by atoms with Gasteiger partial charge in [-0.15, -0.1) is 0 Å². The normalized spacial score (nSPS) is 15.9. The van der Waals surface area contributed by atoms with E-state index in [4.69, 9.17) is 9.47 Å². The quantitative estimate of drug-likeness (QED) is 0.567. The molecule has 7 nitrogen and oxygen atoms in total. The molecule has 25 heavy (non-hydrogen) atoms. The summed E-state index contributed by atoms with van der Waals surface area (Å²) in [6.07, 6.45) is 1.84. The van der Waals surface area contributed by atoms with E-state index in [2.05, 4.69) is 32.4 Å². The second kappa shape index (κ2) is 10.2. The molecule has 1 aliphatic rings. The number of pyridine rings is 1. The third-order valence-electron chi connectivity index (χ3n) is 4.31. The van der Waals surface area contributed by atoms with Crippen molar-refractivity contribution in [2.45, 2.75) is 27.3 Å². The first-order valence-corrected chi connectivity index (χ1v) is 8.97. The van der Waals surface area contributed by atoms with Gasteiger partial charge in [-0.3, -0.25) is 9.88 Å². The molecule has 0 bridgehead atoms. The van der Waals surface area contributed by atoms with E-state index in [0.29, 0.717) is 6.54 Å². The first-order valence-electron chi connectivity index (χ1n) is 8.97. The number of aryl methyl sites for hydroxylation is 1. The summed E-state index contributed by atoms with van der Waals surface area (Å²) in [7, 11) is 1.69. The highest BCUT2D eigenvalue weighted by Crippen LogP contribution is 2.24. The van der Waals surface area contributed by atoms with Gasteiger partial charge < -0.3 is 20.1 Å². The van der Waals surface area contributed by atoms with Gasteiger partial charge in [0.1, 0.15) is 5.75 Å². The molecule has 2 rings (SSSR count). The second-order valence-corrected chi connectivity index (χ2v) is 6.12. The van der Waals surface area contributed by atoms with Gasteiger partial charge in [-0.1, -0.05) is 0 Å². The van der Waals surface area contributed by atoms with Crippen LogP contribution in [0.4, 0.5) is 0 Å². The molecule has 1 saturated heterocycles. The number of morpholine rings is 1. The van der Waals surface area contributed by atoms with E-state index in [0.717, 1.165) is 74.5 Å². The van der Waals surface area contributed by atoms with Crippen molar-refractivity contribution in [3.8, 4) is 5.75 Å². The summed E-state index contributed by atoms with van der Waals surface area (Å²) in [6, 6.07) is 0. The number of nitrogens with zero attached hydrogens (tertiary/aromatic N) is 3. The van der Waals surface area contributed by atoms with Gasteiger partial charge in [0, 0.05) is 50.0 Å². The lowest BCUT2D eigenvalue weighted by Gasteiger charge is -2.26. The van der Waals surface area contributed by atoms with Gasteiger partial charge in [0.15, 0.2) is 5.96 Å². The number of aliphatic imine (C=N–C) groups is 1. The van der Waals surface area contributed by atoms with E-state index in [1.165, 1.54) is 0 Å². The molecule has 0 aromatic carbocycles. The van der Waals surface area contributed by atoms with Crippen LogP contribution in [-0.2, 0) is 11.3 Å². The molecule has 0 aliphatic carbocycles. The van der Waals surface area contributed by atoms with Gasteiger partial charge in [0.05, 0.1) is 32.6 Å². The van der Waals surface area contributed by atoms with Gasteiger partial charge in [-0.05, 0) is 20.8 Å². The molecule has 0 radical (unpaired) electrons. The molecule has 0 atom stereocenters. The number of hydrogen-bond acceptors (Lipinski definition) is 5. The molecule has 1 fully saturated rings. The summed E-state index contributed by atoms with van der Waals surface area (Å²) in [5, 5.41) is 6.68. The molecule has 1 aromatic rings. The molecule has 0 saturated carbocycles. The largest absolute Gasteiger partial charge is 0.496 e. The van der Waals surface area contributed by atoms with E-state index in [1.54, 1.807) is 7.11 Å². The van der Waals surface area contributed by atoms with Crippen LogP contribution in [0.3, 0.4) is 0 Å². The van der Waals surface area contributed by atoms with Crippen LogP contribution >= 0.6 is 0 Å². The Morgan fingerprint density at radius 1 is 1.32 bits per heavy atom. The molecule has 2 heterocycles. The highest BCUT2D eigenvalue weighted by molar-refractivity contribution is 5.79. The van der Waals surface area contributed by atoms with Crippen LogP contribution in [0, 0.1) is 13.8 Å². The van der Waals surface area contributed by atoms with Gasteiger partial charge in [-0.25, -0.2) is 4.99 Å². The Labute approximate surface area is 150 Å². The number of aromatic nitrogens is 1. The third-order valence-corrected chi connectivity index (χ3v) is 4.31. The minimum Gasteiger partial charge on any atom is -0.496 e. The summed E-state index contributed by atoms with van der Waals surface area (Å²) < 4.78 is 10.8. The molecule has 1 aromatic heterocycles.